The maximum absolute atomic E-state index is 5.84. The lowest BCUT2D eigenvalue weighted by atomic mass is 9.94. The van der Waals surface area contributed by atoms with Crippen LogP contribution in [0.1, 0.15) is 51.8 Å². The zero-order valence-electron chi connectivity index (χ0n) is 11.8. The maximum atomic E-state index is 5.84. The summed E-state index contributed by atoms with van der Waals surface area (Å²) in [4.78, 5) is 0. The van der Waals surface area contributed by atoms with Gasteiger partial charge in [-0.1, -0.05) is 13.8 Å². The average Bonchev–Trinajstić information content (AvgIpc) is 2.58. The van der Waals surface area contributed by atoms with Crippen LogP contribution in [0.15, 0.2) is 0 Å². The molecule has 98 valence electrons. The van der Waals surface area contributed by atoms with E-state index in [4.69, 9.17) is 5.73 Å². The molecule has 0 aliphatic carbocycles. The molecule has 1 aromatic rings. The average molecular weight is 238 g/mol. The van der Waals surface area contributed by atoms with Crippen molar-refractivity contribution >= 4 is 0 Å². The molecule has 0 amide bonds. The molecule has 1 atom stereocenters. The number of hydrogen-bond acceptors (Lipinski definition) is 3. The van der Waals surface area contributed by atoms with Gasteiger partial charge in [-0.3, -0.25) is 0 Å². The van der Waals surface area contributed by atoms with Gasteiger partial charge in [-0.25, -0.2) is 0 Å². The Morgan fingerprint density at radius 3 is 2.29 bits per heavy atom. The Kier molecular flexibility index (Phi) is 5.12. The van der Waals surface area contributed by atoms with E-state index in [0.717, 1.165) is 31.0 Å². The van der Waals surface area contributed by atoms with Crippen molar-refractivity contribution in [1.29, 1.82) is 0 Å². The molecule has 0 radical (unpaired) electrons. The van der Waals surface area contributed by atoms with E-state index in [-0.39, 0.29) is 0 Å². The third-order valence-corrected chi connectivity index (χ3v) is 3.06. The molecule has 0 saturated heterocycles. The molecule has 0 aliphatic rings. The third-order valence-electron chi connectivity index (χ3n) is 3.06. The molecule has 0 fully saturated rings. The van der Waals surface area contributed by atoms with Gasteiger partial charge in [0.15, 0.2) is 0 Å². The number of aryl methyl sites for hydroxylation is 1. The lowest BCUT2D eigenvalue weighted by Gasteiger charge is -2.18. The van der Waals surface area contributed by atoms with E-state index < -0.39 is 0 Å². The Balaban J connectivity index is 2.79. The minimum Gasteiger partial charge on any atom is -0.330 e. The normalized spacial score (nSPS) is 13.6. The highest BCUT2D eigenvalue weighted by atomic mass is 15.3. The van der Waals surface area contributed by atoms with E-state index in [1.807, 2.05) is 6.92 Å². The molecule has 1 unspecified atom stereocenters. The van der Waals surface area contributed by atoms with Gasteiger partial charge in [-0.15, -0.1) is 10.2 Å². The molecular weight excluding hydrogens is 212 g/mol. The number of aromatic nitrogens is 3. The second-order valence-corrected chi connectivity index (χ2v) is 5.56. The monoisotopic (exact) mass is 238 g/mol. The Morgan fingerprint density at radius 1 is 1.18 bits per heavy atom. The van der Waals surface area contributed by atoms with Gasteiger partial charge in [-0.2, -0.15) is 0 Å². The van der Waals surface area contributed by atoms with E-state index >= 15 is 0 Å². The molecule has 0 aliphatic heterocycles. The lowest BCUT2D eigenvalue weighted by Crippen LogP contribution is -2.21. The molecule has 4 heteroatoms. The van der Waals surface area contributed by atoms with Crippen molar-refractivity contribution in [3.63, 3.8) is 0 Å². The van der Waals surface area contributed by atoms with Gasteiger partial charge < -0.3 is 10.3 Å². The van der Waals surface area contributed by atoms with E-state index in [0.29, 0.717) is 17.9 Å². The van der Waals surface area contributed by atoms with E-state index in [2.05, 4.69) is 42.5 Å². The van der Waals surface area contributed by atoms with Crippen LogP contribution in [0.3, 0.4) is 0 Å². The molecule has 0 bridgehead atoms. The van der Waals surface area contributed by atoms with E-state index in [1.165, 1.54) is 0 Å². The topological polar surface area (TPSA) is 56.7 Å². The number of hydrogen-bond donors (Lipinski definition) is 1. The van der Waals surface area contributed by atoms with Gasteiger partial charge in [0.1, 0.15) is 11.6 Å². The molecule has 0 aromatic carbocycles. The Morgan fingerprint density at radius 2 is 1.82 bits per heavy atom. The van der Waals surface area contributed by atoms with Crippen LogP contribution in [-0.2, 0) is 6.42 Å². The third kappa shape index (κ3) is 3.80. The first kappa shape index (κ1) is 14.2. The lowest BCUT2D eigenvalue weighted by molar-refractivity contribution is 0.397. The van der Waals surface area contributed by atoms with Crippen LogP contribution in [0, 0.1) is 18.8 Å². The summed E-state index contributed by atoms with van der Waals surface area (Å²) in [6.07, 6.45) is 2.09. The number of nitrogens with two attached hydrogens (primary N) is 1. The number of nitrogens with zero attached hydrogens (tertiary/aromatic N) is 3. The summed E-state index contributed by atoms with van der Waals surface area (Å²) < 4.78 is 2.21. The zero-order chi connectivity index (χ0) is 13.0. The molecule has 0 spiro atoms. The van der Waals surface area contributed by atoms with Gasteiger partial charge in [0.2, 0.25) is 0 Å². The van der Waals surface area contributed by atoms with Gasteiger partial charge >= 0.3 is 0 Å². The fourth-order valence-corrected chi connectivity index (χ4v) is 2.41. The quantitative estimate of drug-likeness (QED) is 0.827. The Labute approximate surface area is 105 Å². The Bertz CT molecular complexity index is 341. The predicted molar refractivity (Wildman–Crippen MR) is 70.8 cm³/mol. The van der Waals surface area contributed by atoms with Crippen LogP contribution < -0.4 is 5.73 Å². The smallest absolute Gasteiger partial charge is 0.133 e. The maximum Gasteiger partial charge on any atom is 0.133 e. The Hall–Kier alpha value is -0.900. The van der Waals surface area contributed by atoms with Crippen molar-refractivity contribution in [3.05, 3.63) is 11.6 Å². The summed E-state index contributed by atoms with van der Waals surface area (Å²) in [7, 11) is 0. The number of rotatable bonds is 6. The van der Waals surface area contributed by atoms with Gasteiger partial charge in [0.25, 0.3) is 0 Å². The van der Waals surface area contributed by atoms with Gasteiger partial charge in [0, 0.05) is 12.5 Å². The van der Waals surface area contributed by atoms with Gasteiger partial charge in [0.05, 0.1) is 0 Å². The van der Waals surface area contributed by atoms with Crippen LogP contribution in [0.4, 0.5) is 0 Å². The van der Waals surface area contributed by atoms with Crippen LogP contribution in [0.2, 0.25) is 0 Å². The second-order valence-electron chi connectivity index (χ2n) is 5.56. The molecule has 17 heavy (non-hydrogen) atoms. The highest BCUT2D eigenvalue weighted by Gasteiger charge is 2.17. The standard InChI is InChI=1S/C13H26N4/c1-9(2)6-12(8-14)7-13-16-15-11(5)17(13)10(3)4/h9-10,12H,6-8,14H2,1-5H3. The van der Waals surface area contributed by atoms with E-state index in [9.17, 15) is 0 Å². The largest absolute Gasteiger partial charge is 0.330 e. The van der Waals surface area contributed by atoms with Crippen molar-refractivity contribution in [1.82, 2.24) is 14.8 Å². The van der Waals surface area contributed by atoms with Crippen molar-refractivity contribution in [2.45, 2.75) is 53.5 Å². The van der Waals surface area contributed by atoms with Crippen LogP contribution in [0.25, 0.3) is 0 Å². The first-order valence-electron chi connectivity index (χ1n) is 6.56. The minimum atomic E-state index is 0.414. The van der Waals surface area contributed by atoms with Crippen molar-refractivity contribution in [3.8, 4) is 0 Å². The summed E-state index contributed by atoms with van der Waals surface area (Å²) >= 11 is 0. The van der Waals surface area contributed by atoms with Gasteiger partial charge in [-0.05, 0) is 45.6 Å². The van der Waals surface area contributed by atoms with Crippen molar-refractivity contribution in [2.24, 2.45) is 17.6 Å². The summed E-state index contributed by atoms with van der Waals surface area (Å²) in [5, 5.41) is 8.47. The van der Waals surface area contributed by atoms with Crippen LogP contribution in [0.5, 0.6) is 0 Å². The summed E-state index contributed by atoms with van der Waals surface area (Å²) in [6.45, 7) is 11.5. The van der Waals surface area contributed by atoms with E-state index in [1.54, 1.807) is 0 Å². The fraction of sp³-hybridized carbons (Fsp3) is 0.846. The molecule has 1 rings (SSSR count). The first-order chi connectivity index (χ1) is 7.95. The van der Waals surface area contributed by atoms with Crippen molar-refractivity contribution in [2.75, 3.05) is 6.54 Å². The summed E-state index contributed by atoms with van der Waals surface area (Å²) in [6, 6.07) is 0.414. The zero-order valence-corrected chi connectivity index (χ0v) is 11.8. The molecular formula is C13H26N4. The summed E-state index contributed by atoms with van der Waals surface area (Å²) in [5.74, 6) is 3.26. The fourth-order valence-electron chi connectivity index (χ4n) is 2.41. The SMILES string of the molecule is Cc1nnc(CC(CN)CC(C)C)n1C(C)C. The molecule has 1 aromatic heterocycles. The van der Waals surface area contributed by atoms with Crippen LogP contribution in [-0.4, -0.2) is 21.3 Å². The second kappa shape index (κ2) is 6.15. The summed E-state index contributed by atoms with van der Waals surface area (Å²) in [5.41, 5.74) is 5.84. The first-order valence-corrected chi connectivity index (χ1v) is 6.56. The molecule has 4 nitrogen and oxygen atoms in total. The molecule has 1 heterocycles. The highest BCUT2D eigenvalue weighted by Crippen LogP contribution is 2.18. The molecule has 2 N–H and O–H groups in total. The minimum absolute atomic E-state index is 0.414. The highest BCUT2D eigenvalue weighted by molar-refractivity contribution is 4.97. The van der Waals surface area contributed by atoms with Crippen molar-refractivity contribution < 1.29 is 0 Å². The predicted octanol–water partition coefficient (Wildman–Crippen LogP) is 2.33. The molecule has 0 saturated carbocycles. The van der Waals surface area contributed by atoms with Crippen LogP contribution >= 0.6 is 0 Å².